The Morgan fingerprint density at radius 2 is 2.12 bits per heavy atom. The summed E-state index contributed by atoms with van der Waals surface area (Å²) in [6.45, 7) is 3.01. The summed E-state index contributed by atoms with van der Waals surface area (Å²) in [5.74, 6) is 1.44. The number of nitrogens with one attached hydrogen (secondary N) is 1. The second kappa shape index (κ2) is 5.16. The second-order valence-electron chi connectivity index (χ2n) is 3.29. The third-order valence-electron chi connectivity index (χ3n) is 2.02. The van der Waals surface area contributed by atoms with E-state index in [0.29, 0.717) is 5.82 Å². The summed E-state index contributed by atoms with van der Waals surface area (Å²) in [5.41, 5.74) is 0.732. The van der Waals surface area contributed by atoms with Crippen molar-refractivity contribution in [2.75, 3.05) is 11.9 Å². The van der Waals surface area contributed by atoms with E-state index < -0.39 is 0 Å². The Morgan fingerprint density at radius 3 is 2.88 bits per heavy atom. The fraction of sp³-hybridized carbons (Fsp3) is 0.273. The first-order valence-corrected chi connectivity index (χ1v) is 5.23. The molecule has 2 rings (SSSR count). The Labute approximate surface area is 94.0 Å². The van der Waals surface area contributed by atoms with E-state index in [9.17, 15) is 0 Å². The van der Waals surface area contributed by atoms with Crippen LogP contribution >= 0.6 is 0 Å². The number of hydrogen-bond acceptors (Lipinski definition) is 5. The second-order valence-corrected chi connectivity index (χ2v) is 3.29. The maximum Gasteiger partial charge on any atom is 0.180 e. The molecule has 0 saturated heterocycles. The molecule has 82 valence electrons. The molecule has 0 aliphatic rings. The van der Waals surface area contributed by atoms with Gasteiger partial charge >= 0.3 is 0 Å². The van der Waals surface area contributed by atoms with E-state index in [2.05, 4.69) is 32.2 Å². The normalized spacial score (nSPS) is 10.1. The smallest absolute Gasteiger partial charge is 0.180 e. The van der Waals surface area contributed by atoms with Gasteiger partial charge in [-0.2, -0.15) is 0 Å². The minimum absolute atomic E-state index is 0.614. The van der Waals surface area contributed by atoms with Crippen molar-refractivity contribution in [1.29, 1.82) is 0 Å². The van der Waals surface area contributed by atoms with Crippen LogP contribution in [0.1, 0.15) is 13.3 Å². The molecule has 0 amide bonds. The summed E-state index contributed by atoms with van der Waals surface area (Å²) in [4.78, 5) is 16.5. The zero-order valence-corrected chi connectivity index (χ0v) is 9.09. The highest BCUT2D eigenvalue weighted by atomic mass is 15.0. The molecule has 0 atom stereocenters. The quantitative estimate of drug-likeness (QED) is 0.841. The van der Waals surface area contributed by atoms with Gasteiger partial charge < -0.3 is 5.32 Å². The fourth-order valence-corrected chi connectivity index (χ4v) is 1.26. The first-order valence-electron chi connectivity index (χ1n) is 5.23. The predicted molar refractivity (Wildman–Crippen MR) is 61.8 cm³/mol. The molecule has 2 heterocycles. The number of nitrogens with zero attached hydrogens (tertiary/aromatic N) is 4. The lowest BCUT2D eigenvalue weighted by atomic mass is 10.4. The van der Waals surface area contributed by atoms with Crippen molar-refractivity contribution in [3.63, 3.8) is 0 Å². The molecule has 0 bridgehead atoms. The molecule has 0 fully saturated rings. The standard InChI is InChI=1S/C11H13N5/c1-2-5-13-10-4-7-14-11(16-10)9-3-6-12-8-15-9/h3-4,6-8H,2,5H2,1H3,(H,13,14,16). The van der Waals surface area contributed by atoms with Crippen LogP contribution in [0.5, 0.6) is 0 Å². The minimum Gasteiger partial charge on any atom is -0.370 e. The van der Waals surface area contributed by atoms with Crippen LogP contribution in [0.3, 0.4) is 0 Å². The molecule has 16 heavy (non-hydrogen) atoms. The molecule has 0 aliphatic carbocycles. The Morgan fingerprint density at radius 1 is 1.19 bits per heavy atom. The maximum atomic E-state index is 4.37. The largest absolute Gasteiger partial charge is 0.370 e. The van der Waals surface area contributed by atoms with Crippen molar-refractivity contribution in [1.82, 2.24) is 19.9 Å². The van der Waals surface area contributed by atoms with Crippen molar-refractivity contribution >= 4 is 5.82 Å². The Kier molecular flexibility index (Phi) is 3.38. The van der Waals surface area contributed by atoms with Crippen LogP contribution in [-0.2, 0) is 0 Å². The monoisotopic (exact) mass is 215 g/mol. The highest BCUT2D eigenvalue weighted by Crippen LogP contribution is 2.11. The molecular weight excluding hydrogens is 202 g/mol. The average Bonchev–Trinajstić information content (AvgIpc) is 2.38. The lowest BCUT2D eigenvalue weighted by Gasteiger charge is -2.04. The van der Waals surface area contributed by atoms with Gasteiger partial charge in [0.1, 0.15) is 17.8 Å². The number of rotatable bonds is 4. The fourth-order valence-electron chi connectivity index (χ4n) is 1.26. The number of anilines is 1. The highest BCUT2D eigenvalue weighted by Gasteiger charge is 2.02. The molecule has 2 aromatic rings. The summed E-state index contributed by atoms with van der Waals surface area (Å²) in [6, 6.07) is 3.64. The molecule has 5 heteroatoms. The molecule has 1 N–H and O–H groups in total. The van der Waals surface area contributed by atoms with Gasteiger partial charge in [0.05, 0.1) is 0 Å². The van der Waals surface area contributed by atoms with Crippen molar-refractivity contribution in [2.45, 2.75) is 13.3 Å². The molecule has 0 radical (unpaired) electrons. The number of aromatic nitrogens is 4. The molecule has 0 unspecified atom stereocenters. The van der Waals surface area contributed by atoms with Gasteiger partial charge in [-0.15, -0.1) is 0 Å². The van der Waals surface area contributed by atoms with E-state index in [1.165, 1.54) is 6.33 Å². The van der Waals surface area contributed by atoms with Crippen molar-refractivity contribution < 1.29 is 0 Å². The van der Waals surface area contributed by atoms with Crippen molar-refractivity contribution in [2.24, 2.45) is 0 Å². The average molecular weight is 215 g/mol. The Bertz CT molecular complexity index is 443. The molecule has 0 saturated carbocycles. The molecule has 0 spiro atoms. The van der Waals surface area contributed by atoms with E-state index in [1.807, 2.05) is 6.07 Å². The number of hydrogen-bond donors (Lipinski definition) is 1. The van der Waals surface area contributed by atoms with Gasteiger partial charge in [0.15, 0.2) is 5.82 Å². The van der Waals surface area contributed by atoms with Gasteiger partial charge in [0.2, 0.25) is 0 Å². The van der Waals surface area contributed by atoms with E-state index in [1.54, 1.807) is 18.5 Å². The molecule has 2 aromatic heterocycles. The maximum absolute atomic E-state index is 4.37. The highest BCUT2D eigenvalue weighted by molar-refractivity contribution is 5.50. The van der Waals surface area contributed by atoms with Crippen LogP contribution < -0.4 is 5.32 Å². The van der Waals surface area contributed by atoms with Gasteiger partial charge in [0.25, 0.3) is 0 Å². The van der Waals surface area contributed by atoms with Crippen LogP contribution in [-0.4, -0.2) is 26.5 Å². The molecular formula is C11H13N5. The van der Waals surface area contributed by atoms with Gasteiger partial charge in [0, 0.05) is 18.9 Å². The van der Waals surface area contributed by atoms with E-state index in [0.717, 1.165) is 24.5 Å². The molecule has 0 aliphatic heterocycles. The van der Waals surface area contributed by atoms with Gasteiger partial charge in [-0.25, -0.2) is 19.9 Å². The lowest BCUT2D eigenvalue weighted by molar-refractivity contribution is 0.964. The van der Waals surface area contributed by atoms with Gasteiger partial charge in [-0.05, 0) is 18.6 Å². The predicted octanol–water partition coefficient (Wildman–Crippen LogP) is 1.76. The summed E-state index contributed by atoms with van der Waals surface area (Å²) >= 11 is 0. The third-order valence-corrected chi connectivity index (χ3v) is 2.02. The van der Waals surface area contributed by atoms with E-state index in [-0.39, 0.29) is 0 Å². The van der Waals surface area contributed by atoms with Gasteiger partial charge in [-0.1, -0.05) is 6.92 Å². The van der Waals surface area contributed by atoms with Crippen molar-refractivity contribution in [3.05, 3.63) is 30.9 Å². The van der Waals surface area contributed by atoms with E-state index in [4.69, 9.17) is 0 Å². The third kappa shape index (κ3) is 2.50. The zero-order chi connectivity index (χ0) is 11.2. The summed E-state index contributed by atoms with van der Waals surface area (Å²) in [5, 5.41) is 3.21. The summed E-state index contributed by atoms with van der Waals surface area (Å²) in [7, 11) is 0. The lowest BCUT2D eigenvalue weighted by Crippen LogP contribution is -2.03. The van der Waals surface area contributed by atoms with Crippen LogP contribution in [0.25, 0.3) is 11.5 Å². The van der Waals surface area contributed by atoms with E-state index >= 15 is 0 Å². The summed E-state index contributed by atoms with van der Waals surface area (Å²) < 4.78 is 0. The van der Waals surface area contributed by atoms with Gasteiger partial charge in [-0.3, -0.25) is 0 Å². The van der Waals surface area contributed by atoms with Crippen LogP contribution in [0.15, 0.2) is 30.9 Å². The zero-order valence-electron chi connectivity index (χ0n) is 9.09. The Hall–Kier alpha value is -2.04. The van der Waals surface area contributed by atoms with Crippen molar-refractivity contribution in [3.8, 4) is 11.5 Å². The first kappa shape index (κ1) is 10.5. The topological polar surface area (TPSA) is 63.6 Å². The Balaban J connectivity index is 2.22. The van der Waals surface area contributed by atoms with Crippen LogP contribution in [0.4, 0.5) is 5.82 Å². The minimum atomic E-state index is 0.614. The molecule has 0 aromatic carbocycles. The SMILES string of the molecule is CCCNc1ccnc(-c2ccncn2)n1. The first-order chi connectivity index (χ1) is 7.90. The van der Waals surface area contributed by atoms with Crippen LogP contribution in [0.2, 0.25) is 0 Å². The van der Waals surface area contributed by atoms with Crippen LogP contribution in [0, 0.1) is 0 Å². The summed E-state index contributed by atoms with van der Waals surface area (Å²) in [6.07, 6.45) is 5.96. The molecule has 5 nitrogen and oxygen atoms in total.